The molecule has 0 aliphatic carbocycles. The van der Waals surface area contributed by atoms with Crippen LogP contribution >= 0.6 is 22.6 Å². The minimum absolute atomic E-state index is 0.303. The van der Waals surface area contributed by atoms with E-state index in [0.717, 1.165) is 13.1 Å². The number of hydrogen-bond acceptors (Lipinski definition) is 2. The molecule has 2 nitrogen and oxygen atoms in total. The highest BCUT2D eigenvalue weighted by atomic mass is 127. The van der Waals surface area contributed by atoms with E-state index >= 15 is 0 Å². The van der Waals surface area contributed by atoms with Crippen LogP contribution in [0.3, 0.4) is 0 Å². The Morgan fingerprint density at radius 1 is 1.32 bits per heavy atom. The van der Waals surface area contributed by atoms with Crippen LogP contribution in [0, 0.1) is 8.99 Å². The van der Waals surface area contributed by atoms with Gasteiger partial charge in [-0.15, -0.1) is 0 Å². The first-order valence-corrected chi connectivity index (χ1v) is 8.26. The Morgan fingerprint density at radius 3 is 2.58 bits per heavy atom. The largest absolute Gasteiger partial charge is 0.365 e. The van der Waals surface area contributed by atoms with Gasteiger partial charge in [0, 0.05) is 28.7 Å². The molecule has 0 radical (unpaired) electrons. The van der Waals surface area contributed by atoms with Crippen molar-refractivity contribution in [2.24, 2.45) is 5.41 Å². The van der Waals surface area contributed by atoms with Crippen molar-refractivity contribution >= 4 is 28.3 Å². The molecule has 2 atom stereocenters. The predicted octanol–water partition coefficient (Wildman–Crippen LogP) is 3.89. The average molecular weight is 372 g/mol. The molecule has 0 aromatic heterocycles. The van der Waals surface area contributed by atoms with Crippen molar-refractivity contribution < 1.29 is 0 Å². The van der Waals surface area contributed by atoms with Gasteiger partial charge in [0.2, 0.25) is 0 Å². The first kappa shape index (κ1) is 15.1. The molecule has 106 valence electrons. The second-order valence-corrected chi connectivity index (χ2v) is 7.65. The molecule has 19 heavy (non-hydrogen) atoms. The zero-order valence-corrected chi connectivity index (χ0v) is 14.6. The first-order valence-electron chi connectivity index (χ1n) is 7.18. The fourth-order valence-corrected chi connectivity index (χ4v) is 3.42. The molecule has 1 heterocycles. The van der Waals surface area contributed by atoms with Crippen molar-refractivity contribution in [3.05, 3.63) is 27.8 Å². The topological polar surface area (TPSA) is 15.3 Å². The van der Waals surface area contributed by atoms with E-state index in [4.69, 9.17) is 0 Å². The summed E-state index contributed by atoms with van der Waals surface area (Å²) in [7, 11) is 0. The highest BCUT2D eigenvalue weighted by molar-refractivity contribution is 14.1. The van der Waals surface area contributed by atoms with Gasteiger partial charge in [-0.05, 0) is 46.6 Å². The summed E-state index contributed by atoms with van der Waals surface area (Å²) in [6, 6.07) is 9.89. The summed E-state index contributed by atoms with van der Waals surface area (Å²) in [6.07, 6.45) is 1.19. The van der Waals surface area contributed by atoms with Gasteiger partial charge < -0.3 is 10.2 Å². The Hall–Kier alpha value is -0.290. The van der Waals surface area contributed by atoms with Crippen LogP contribution in [0.1, 0.15) is 34.1 Å². The van der Waals surface area contributed by atoms with E-state index in [9.17, 15) is 0 Å². The lowest BCUT2D eigenvalue weighted by Gasteiger charge is -2.46. The summed E-state index contributed by atoms with van der Waals surface area (Å²) < 4.78 is 1.35. The number of rotatable bonds is 2. The molecule has 0 spiro atoms. The monoisotopic (exact) mass is 372 g/mol. The number of anilines is 1. The van der Waals surface area contributed by atoms with Crippen LogP contribution < -0.4 is 10.2 Å². The Bertz CT molecular complexity index is 425. The van der Waals surface area contributed by atoms with Crippen LogP contribution in [0.4, 0.5) is 5.69 Å². The molecule has 0 amide bonds. The highest BCUT2D eigenvalue weighted by Gasteiger charge is 2.33. The third-order valence-electron chi connectivity index (χ3n) is 4.10. The molecule has 2 rings (SSSR count). The molecule has 1 aliphatic rings. The molecule has 1 N–H and O–H groups in total. The Morgan fingerprint density at radius 2 is 2.00 bits per heavy atom. The Labute approximate surface area is 131 Å². The van der Waals surface area contributed by atoms with E-state index in [1.54, 1.807) is 0 Å². The molecule has 3 heteroatoms. The molecule has 2 unspecified atom stereocenters. The molecule has 1 fully saturated rings. The van der Waals surface area contributed by atoms with Gasteiger partial charge in [-0.25, -0.2) is 0 Å². The van der Waals surface area contributed by atoms with Crippen LogP contribution in [-0.4, -0.2) is 25.2 Å². The van der Waals surface area contributed by atoms with Crippen molar-refractivity contribution in [2.75, 3.05) is 18.0 Å². The number of nitrogens with zero attached hydrogens (tertiary/aromatic N) is 1. The molecule has 1 aliphatic heterocycles. The number of hydrogen-bond donors (Lipinski definition) is 1. The SMILES string of the molecule is CCC1CNC(C(C)(C)C)CN1c1ccccc1I. The van der Waals surface area contributed by atoms with E-state index in [1.165, 1.54) is 15.7 Å². The van der Waals surface area contributed by atoms with Gasteiger partial charge in [-0.3, -0.25) is 0 Å². The Balaban J connectivity index is 2.26. The van der Waals surface area contributed by atoms with Gasteiger partial charge in [0.15, 0.2) is 0 Å². The van der Waals surface area contributed by atoms with E-state index in [0.29, 0.717) is 17.5 Å². The summed E-state index contributed by atoms with van der Waals surface area (Å²) in [5.41, 5.74) is 1.70. The normalized spacial score (nSPS) is 24.6. The van der Waals surface area contributed by atoms with E-state index in [-0.39, 0.29) is 0 Å². The smallest absolute Gasteiger partial charge is 0.0505 e. The minimum Gasteiger partial charge on any atom is -0.365 e. The third-order valence-corrected chi connectivity index (χ3v) is 5.01. The average Bonchev–Trinajstić information content (AvgIpc) is 2.37. The number of benzene rings is 1. The highest BCUT2D eigenvalue weighted by Crippen LogP contribution is 2.30. The summed E-state index contributed by atoms with van der Waals surface area (Å²) >= 11 is 2.45. The molecular weight excluding hydrogens is 347 g/mol. The number of halogens is 1. The standard InChI is InChI=1S/C16H25IN2/c1-5-12-10-18-15(16(2,3)4)11-19(12)14-9-7-6-8-13(14)17/h6-9,12,15,18H,5,10-11H2,1-4H3. The fourth-order valence-electron chi connectivity index (χ4n) is 2.72. The van der Waals surface area contributed by atoms with Gasteiger partial charge in [0.1, 0.15) is 0 Å². The minimum atomic E-state index is 0.303. The van der Waals surface area contributed by atoms with E-state index < -0.39 is 0 Å². The summed E-state index contributed by atoms with van der Waals surface area (Å²) in [5, 5.41) is 3.74. The second kappa shape index (κ2) is 6.00. The first-order chi connectivity index (χ1) is 8.93. The lowest BCUT2D eigenvalue weighted by atomic mass is 9.84. The molecule has 0 bridgehead atoms. The maximum absolute atomic E-state index is 3.74. The van der Waals surface area contributed by atoms with Crippen molar-refractivity contribution in [3.8, 4) is 0 Å². The zero-order valence-electron chi connectivity index (χ0n) is 12.4. The maximum Gasteiger partial charge on any atom is 0.0505 e. The maximum atomic E-state index is 3.74. The van der Waals surface area contributed by atoms with Crippen molar-refractivity contribution in [2.45, 2.75) is 46.2 Å². The van der Waals surface area contributed by atoms with Gasteiger partial charge in [-0.2, -0.15) is 0 Å². The van der Waals surface area contributed by atoms with Crippen molar-refractivity contribution in [3.63, 3.8) is 0 Å². The summed E-state index contributed by atoms with van der Waals surface area (Å²) in [6.45, 7) is 11.4. The van der Waals surface area contributed by atoms with Crippen LogP contribution in [0.25, 0.3) is 0 Å². The Kier molecular flexibility index (Phi) is 4.77. The fraction of sp³-hybridized carbons (Fsp3) is 0.625. The number of para-hydroxylation sites is 1. The van der Waals surface area contributed by atoms with Crippen LogP contribution in [0.15, 0.2) is 24.3 Å². The van der Waals surface area contributed by atoms with Crippen molar-refractivity contribution in [1.82, 2.24) is 5.32 Å². The lowest BCUT2D eigenvalue weighted by molar-refractivity contribution is 0.233. The van der Waals surface area contributed by atoms with Crippen LogP contribution in [-0.2, 0) is 0 Å². The summed E-state index contributed by atoms with van der Waals surface area (Å²) in [4.78, 5) is 2.61. The van der Waals surface area contributed by atoms with Crippen molar-refractivity contribution in [1.29, 1.82) is 0 Å². The number of piperazine rings is 1. The van der Waals surface area contributed by atoms with Gasteiger partial charge in [0.05, 0.1) is 5.69 Å². The third kappa shape index (κ3) is 3.43. The van der Waals surface area contributed by atoms with Gasteiger partial charge >= 0.3 is 0 Å². The van der Waals surface area contributed by atoms with E-state index in [2.05, 4.69) is 84.8 Å². The van der Waals surface area contributed by atoms with Gasteiger partial charge in [-0.1, -0.05) is 39.8 Å². The van der Waals surface area contributed by atoms with E-state index in [1.807, 2.05) is 0 Å². The quantitative estimate of drug-likeness (QED) is 0.793. The molecule has 1 aromatic carbocycles. The molecular formula is C16H25IN2. The predicted molar refractivity (Wildman–Crippen MR) is 91.8 cm³/mol. The molecule has 0 saturated carbocycles. The lowest BCUT2D eigenvalue weighted by Crippen LogP contribution is -2.60. The number of nitrogens with one attached hydrogen (secondary N) is 1. The molecule has 1 saturated heterocycles. The summed E-state index contributed by atoms with van der Waals surface area (Å²) in [5.74, 6) is 0. The van der Waals surface area contributed by atoms with Gasteiger partial charge in [0.25, 0.3) is 0 Å². The second-order valence-electron chi connectivity index (χ2n) is 6.49. The van der Waals surface area contributed by atoms with Crippen LogP contribution in [0.5, 0.6) is 0 Å². The van der Waals surface area contributed by atoms with Crippen LogP contribution in [0.2, 0.25) is 0 Å². The zero-order chi connectivity index (χ0) is 14.0. The molecule has 1 aromatic rings.